The number of nitrogens with one attached hydrogen (secondary N) is 1. The Morgan fingerprint density at radius 3 is 2.08 bits per heavy atom. The standard InChI is InChI=1S/C31H38N4O4/c1-30(2,3)39-29(36)34-17-6-20-37-25-11-7-22(8-12-25)31(4,5)23-9-13-26(14-10-23)38-21-24-15-18-33-28(35-24)27-16-19-32-27/h7-15,18H,6,16-17,19-21H2,1-5H3,(H,34,36). The van der Waals surface area contributed by atoms with E-state index in [2.05, 4.69) is 58.4 Å². The van der Waals surface area contributed by atoms with Gasteiger partial charge in [0.25, 0.3) is 0 Å². The van der Waals surface area contributed by atoms with Crippen molar-refractivity contribution < 1.29 is 19.0 Å². The molecule has 8 heteroatoms. The summed E-state index contributed by atoms with van der Waals surface area (Å²) >= 11 is 0. The lowest BCUT2D eigenvalue weighted by Gasteiger charge is -2.26. The number of carbonyl (C=O) groups excluding carboxylic acids is 1. The SMILES string of the molecule is CC(C)(C)OC(=O)NCCCOc1ccc(C(C)(C)c2ccc(OCc3ccnc(C4=NCC4)n3)cc2)cc1. The fourth-order valence-corrected chi connectivity index (χ4v) is 4.05. The largest absolute Gasteiger partial charge is 0.494 e. The predicted molar refractivity (Wildman–Crippen MR) is 152 cm³/mol. The summed E-state index contributed by atoms with van der Waals surface area (Å²) in [6.45, 7) is 12.2. The van der Waals surface area contributed by atoms with Crippen molar-refractivity contribution in [2.24, 2.45) is 4.99 Å². The second kappa shape index (κ2) is 12.3. The Balaban J connectivity index is 1.25. The number of hydrogen-bond acceptors (Lipinski definition) is 7. The van der Waals surface area contributed by atoms with Crippen LogP contribution in [0.2, 0.25) is 0 Å². The number of alkyl carbamates (subject to hydrolysis) is 1. The van der Waals surface area contributed by atoms with Crippen LogP contribution < -0.4 is 14.8 Å². The molecule has 0 bridgehead atoms. The van der Waals surface area contributed by atoms with Crippen LogP contribution in [0.25, 0.3) is 0 Å². The van der Waals surface area contributed by atoms with Gasteiger partial charge >= 0.3 is 6.09 Å². The smallest absolute Gasteiger partial charge is 0.407 e. The van der Waals surface area contributed by atoms with Crippen LogP contribution in [-0.2, 0) is 16.8 Å². The zero-order valence-electron chi connectivity index (χ0n) is 23.5. The van der Waals surface area contributed by atoms with Crippen molar-refractivity contribution in [2.45, 2.75) is 65.1 Å². The maximum absolute atomic E-state index is 11.7. The molecule has 1 aliphatic heterocycles. The number of ether oxygens (including phenoxy) is 3. The topological polar surface area (TPSA) is 94.9 Å². The molecule has 4 rings (SSSR count). The Labute approximate surface area is 230 Å². The number of benzene rings is 2. The van der Waals surface area contributed by atoms with Crippen molar-refractivity contribution in [2.75, 3.05) is 19.7 Å². The fraction of sp³-hybridized carbons (Fsp3) is 0.419. The third-order valence-electron chi connectivity index (χ3n) is 6.42. The Hall–Kier alpha value is -3.94. The lowest BCUT2D eigenvalue weighted by Crippen LogP contribution is -2.33. The molecule has 2 aromatic carbocycles. The Kier molecular flexibility index (Phi) is 8.84. The maximum atomic E-state index is 11.7. The first-order valence-electron chi connectivity index (χ1n) is 13.4. The first-order chi connectivity index (χ1) is 18.6. The molecule has 0 aliphatic carbocycles. The van der Waals surface area contributed by atoms with E-state index in [1.807, 2.05) is 51.1 Å². The van der Waals surface area contributed by atoms with Gasteiger partial charge in [-0.25, -0.2) is 14.8 Å². The predicted octanol–water partition coefficient (Wildman–Crippen LogP) is 5.87. The molecule has 206 valence electrons. The lowest BCUT2D eigenvalue weighted by molar-refractivity contribution is 0.0525. The molecule has 0 fully saturated rings. The highest BCUT2D eigenvalue weighted by Crippen LogP contribution is 2.33. The molecular formula is C31H38N4O4. The molecule has 3 aromatic rings. The molecule has 1 N–H and O–H groups in total. The van der Waals surface area contributed by atoms with E-state index in [0.717, 1.165) is 35.9 Å². The molecule has 0 saturated carbocycles. The van der Waals surface area contributed by atoms with Gasteiger partial charge in [0.15, 0.2) is 5.82 Å². The van der Waals surface area contributed by atoms with Crippen LogP contribution in [0.5, 0.6) is 11.5 Å². The summed E-state index contributed by atoms with van der Waals surface area (Å²) in [6, 6.07) is 18.2. The average Bonchev–Trinajstić information content (AvgIpc) is 2.86. The molecular weight excluding hydrogens is 492 g/mol. The Morgan fingerprint density at radius 1 is 0.897 bits per heavy atom. The van der Waals surface area contributed by atoms with Gasteiger partial charge in [0, 0.05) is 31.1 Å². The number of carbonyl (C=O) groups is 1. The summed E-state index contributed by atoms with van der Waals surface area (Å²) in [4.78, 5) is 24.9. The first kappa shape index (κ1) is 28.1. The molecule has 0 unspecified atom stereocenters. The van der Waals surface area contributed by atoms with E-state index >= 15 is 0 Å². The number of nitrogens with zero attached hydrogens (tertiary/aromatic N) is 3. The van der Waals surface area contributed by atoms with Gasteiger partial charge in [0.2, 0.25) is 0 Å². The summed E-state index contributed by atoms with van der Waals surface area (Å²) in [7, 11) is 0. The van der Waals surface area contributed by atoms with Crippen LogP contribution in [0.3, 0.4) is 0 Å². The summed E-state index contributed by atoms with van der Waals surface area (Å²) in [5.74, 6) is 2.29. The Bertz CT molecular complexity index is 1280. The van der Waals surface area contributed by atoms with E-state index in [1.165, 1.54) is 11.1 Å². The van der Waals surface area contributed by atoms with Crippen LogP contribution in [-0.4, -0.2) is 47.1 Å². The second-order valence-corrected chi connectivity index (χ2v) is 11.0. The molecule has 1 aliphatic rings. The van der Waals surface area contributed by atoms with Crippen molar-refractivity contribution in [3.63, 3.8) is 0 Å². The lowest BCUT2D eigenvalue weighted by atomic mass is 9.78. The highest BCUT2D eigenvalue weighted by atomic mass is 16.6. The third kappa shape index (κ3) is 8.02. The van der Waals surface area contributed by atoms with Crippen LogP contribution in [0, 0.1) is 0 Å². The van der Waals surface area contributed by atoms with Crippen LogP contribution in [0.15, 0.2) is 65.8 Å². The van der Waals surface area contributed by atoms with E-state index in [1.54, 1.807) is 6.20 Å². The van der Waals surface area contributed by atoms with Crippen molar-refractivity contribution >= 4 is 11.8 Å². The number of amides is 1. The highest BCUT2D eigenvalue weighted by Gasteiger charge is 2.23. The minimum atomic E-state index is -0.500. The molecule has 0 spiro atoms. The molecule has 39 heavy (non-hydrogen) atoms. The summed E-state index contributed by atoms with van der Waals surface area (Å²) < 4.78 is 17.1. The number of aliphatic imine (C=N–C) groups is 1. The fourth-order valence-electron chi connectivity index (χ4n) is 4.05. The summed E-state index contributed by atoms with van der Waals surface area (Å²) in [5, 5.41) is 2.74. The zero-order valence-corrected chi connectivity index (χ0v) is 23.5. The van der Waals surface area contributed by atoms with Gasteiger partial charge in [0.05, 0.1) is 18.0 Å². The van der Waals surface area contributed by atoms with Gasteiger partial charge in [-0.3, -0.25) is 4.99 Å². The normalized spacial score (nSPS) is 13.2. The Morgan fingerprint density at radius 2 is 1.51 bits per heavy atom. The quantitative estimate of drug-likeness (QED) is 0.312. The number of hydrogen-bond donors (Lipinski definition) is 1. The van der Waals surface area contributed by atoms with Gasteiger partial charge in [-0.15, -0.1) is 0 Å². The molecule has 1 aromatic heterocycles. The molecule has 0 radical (unpaired) electrons. The van der Waals surface area contributed by atoms with Gasteiger partial charge in [-0.1, -0.05) is 38.1 Å². The average molecular weight is 531 g/mol. The van der Waals surface area contributed by atoms with Crippen molar-refractivity contribution in [1.29, 1.82) is 0 Å². The number of aromatic nitrogens is 2. The molecule has 2 heterocycles. The molecule has 0 atom stereocenters. The highest BCUT2D eigenvalue weighted by molar-refractivity contribution is 6.00. The minimum Gasteiger partial charge on any atom is -0.494 e. The van der Waals surface area contributed by atoms with E-state index in [4.69, 9.17) is 14.2 Å². The second-order valence-electron chi connectivity index (χ2n) is 11.0. The molecule has 8 nitrogen and oxygen atoms in total. The van der Waals surface area contributed by atoms with Crippen LogP contribution in [0.4, 0.5) is 4.79 Å². The summed E-state index contributed by atoms with van der Waals surface area (Å²) in [6.07, 6.45) is 2.97. The first-order valence-corrected chi connectivity index (χ1v) is 13.4. The van der Waals surface area contributed by atoms with Crippen LogP contribution in [0.1, 0.15) is 70.1 Å². The van der Waals surface area contributed by atoms with Crippen molar-refractivity contribution in [3.8, 4) is 11.5 Å². The van der Waals surface area contributed by atoms with E-state index in [0.29, 0.717) is 32.0 Å². The van der Waals surface area contributed by atoms with Gasteiger partial charge in [-0.05, 0) is 68.7 Å². The monoisotopic (exact) mass is 530 g/mol. The minimum absolute atomic E-state index is 0.195. The van der Waals surface area contributed by atoms with Gasteiger partial charge < -0.3 is 19.5 Å². The van der Waals surface area contributed by atoms with Gasteiger partial charge in [-0.2, -0.15) is 0 Å². The van der Waals surface area contributed by atoms with Gasteiger partial charge in [0.1, 0.15) is 23.7 Å². The molecule has 1 amide bonds. The van der Waals surface area contributed by atoms with Crippen LogP contribution >= 0.6 is 0 Å². The zero-order chi connectivity index (χ0) is 27.9. The summed E-state index contributed by atoms with van der Waals surface area (Å²) in [5.41, 5.74) is 3.47. The van der Waals surface area contributed by atoms with E-state index in [9.17, 15) is 4.79 Å². The number of rotatable bonds is 11. The van der Waals surface area contributed by atoms with E-state index < -0.39 is 11.7 Å². The van der Waals surface area contributed by atoms with E-state index in [-0.39, 0.29) is 5.41 Å². The third-order valence-corrected chi connectivity index (χ3v) is 6.42. The molecule has 0 saturated heterocycles. The maximum Gasteiger partial charge on any atom is 0.407 e. The van der Waals surface area contributed by atoms with Crippen molar-refractivity contribution in [3.05, 3.63) is 83.4 Å². The van der Waals surface area contributed by atoms with Crippen molar-refractivity contribution in [1.82, 2.24) is 15.3 Å².